The summed E-state index contributed by atoms with van der Waals surface area (Å²) >= 11 is 0. The normalized spacial score (nSPS) is 22.3. The summed E-state index contributed by atoms with van der Waals surface area (Å²) in [5.74, 6) is 0.502. The first-order chi connectivity index (χ1) is 10.7. The van der Waals surface area contributed by atoms with Crippen LogP contribution in [0.15, 0.2) is 18.2 Å². The monoisotopic (exact) mass is 306 g/mol. The van der Waals surface area contributed by atoms with Gasteiger partial charge in [-0.15, -0.1) is 0 Å². The van der Waals surface area contributed by atoms with Gasteiger partial charge in [0, 0.05) is 25.2 Å². The summed E-state index contributed by atoms with van der Waals surface area (Å²) in [6, 6.07) is 4.76. The minimum absolute atomic E-state index is 0.113. The van der Waals surface area contributed by atoms with Gasteiger partial charge in [0.25, 0.3) is 0 Å². The standard InChI is InChI=1S/C17H23FN2O2/c1-22-16-8-4-6-14(18)13(16)12-20-9-3-2-7-15(20)17(21)19-10-5-11-19/h4,6,8,15H,2-3,5,7,9-12H2,1H3. The highest BCUT2D eigenvalue weighted by Crippen LogP contribution is 2.28. The first kappa shape index (κ1) is 15.3. The maximum absolute atomic E-state index is 14.2. The zero-order valence-electron chi connectivity index (χ0n) is 13.1. The van der Waals surface area contributed by atoms with E-state index in [1.807, 2.05) is 4.90 Å². The Balaban J connectivity index is 1.78. The van der Waals surface area contributed by atoms with E-state index >= 15 is 0 Å². The molecule has 2 saturated heterocycles. The molecule has 4 nitrogen and oxygen atoms in total. The molecule has 2 heterocycles. The molecule has 1 aromatic carbocycles. The highest BCUT2D eigenvalue weighted by Gasteiger charge is 2.34. The summed E-state index contributed by atoms with van der Waals surface area (Å²) in [6.07, 6.45) is 4.08. The van der Waals surface area contributed by atoms with E-state index in [1.54, 1.807) is 19.2 Å². The van der Waals surface area contributed by atoms with Crippen molar-refractivity contribution < 1.29 is 13.9 Å². The number of likely N-dealkylation sites (tertiary alicyclic amines) is 2. The second kappa shape index (κ2) is 6.65. The number of carbonyl (C=O) groups excluding carboxylic acids is 1. The Labute approximate surface area is 130 Å². The molecule has 2 fully saturated rings. The van der Waals surface area contributed by atoms with Crippen LogP contribution in [0.2, 0.25) is 0 Å². The third kappa shape index (κ3) is 2.95. The van der Waals surface area contributed by atoms with E-state index in [4.69, 9.17) is 4.74 Å². The fourth-order valence-corrected chi connectivity index (χ4v) is 3.29. The average molecular weight is 306 g/mol. The molecule has 0 bridgehead atoms. The van der Waals surface area contributed by atoms with Crippen molar-refractivity contribution in [2.24, 2.45) is 0 Å². The van der Waals surface area contributed by atoms with Gasteiger partial charge in [-0.05, 0) is 37.9 Å². The van der Waals surface area contributed by atoms with Crippen LogP contribution in [0.5, 0.6) is 5.75 Å². The summed E-state index contributed by atoms with van der Waals surface area (Å²) in [5.41, 5.74) is 0.549. The van der Waals surface area contributed by atoms with Gasteiger partial charge >= 0.3 is 0 Å². The predicted octanol–water partition coefficient (Wildman–Crippen LogP) is 2.42. The van der Waals surface area contributed by atoms with Crippen molar-refractivity contribution in [3.05, 3.63) is 29.6 Å². The van der Waals surface area contributed by atoms with E-state index in [0.717, 1.165) is 45.3 Å². The third-order valence-electron chi connectivity index (χ3n) is 4.72. The lowest BCUT2D eigenvalue weighted by molar-refractivity contribution is -0.142. The Bertz CT molecular complexity index is 545. The van der Waals surface area contributed by atoms with Crippen molar-refractivity contribution in [1.29, 1.82) is 0 Å². The number of ether oxygens (including phenoxy) is 1. The Morgan fingerprint density at radius 2 is 2.09 bits per heavy atom. The van der Waals surface area contributed by atoms with Crippen molar-refractivity contribution in [2.45, 2.75) is 38.3 Å². The molecule has 2 aliphatic heterocycles. The van der Waals surface area contributed by atoms with Crippen LogP contribution in [0.4, 0.5) is 4.39 Å². The first-order valence-corrected chi connectivity index (χ1v) is 8.05. The zero-order valence-corrected chi connectivity index (χ0v) is 13.1. The third-order valence-corrected chi connectivity index (χ3v) is 4.72. The van der Waals surface area contributed by atoms with Crippen LogP contribution >= 0.6 is 0 Å². The van der Waals surface area contributed by atoms with Gasteiger partial charge in [-0.2, -0.15) is 0 Å². The van der Waals surface area contributed by atoms with Gasteiger partial charge in [0.05, 0.1) is 13.2 Å². The lowest BCUT2D eigenvalue weighted by Crippen LogP contribution is -2.54. The van der Waals surface area contributed by atoms with Crippen LogP contribution in [0.25, 0.3) is 0 Å². The van der Waals surface area contributed by atoms with E-state index in [1.165, 1.54) is 6.07 Å². The number of benzene rings is 1. The minimum atomic E-state index is -0.264. The number of halogens is 1. The molecule has 1 unspecified atom stereocenters. The van der Waals surface area contributed by atoms with Crippen LogP contribution < -0.4 is 4.74 Å². The number of hydrogen-bond acceptors (Lipinski definition) is 3. The highest BCUT2D eigenvalue weighted by molar-refractivity contribution is 5.82. The molecule has 0 aliphatic carbocycles. The average Bonchev–Trinajstić information content (AvgIpc) is 2.48. The number of carbonyl (C=O) groups is 1. The zero-order chi connectivity index (χ0) is 15.5. The van der Waals surface area contributed by atoms with E-state index in [9.17, 15) is 9.18 Å². The van der Waals surface area contributed by atoms with Crippen molar-refractivity contribution in [1.82, 2.24) is 9.80 Å². The quantitative estimate of drug-likeness (QED) is 0.856. The molecule has 0 radical (unpaired) electrons. The van der Waals surface area contributed by atoms with Gasteiger partial charge in [-0.3, -0.25) is 9.69 Å². The summed E-state index contributed by atoms with van der Waals surface area (Å²) in [5, 5.41) is 0. The van der Waals surface area contributed by atoms with Gasteiger partial charge < -0.3 is 9.64 Å². The summed E-state index contributed by atoms with van der Waals surface area (Å²) in [6.45, 7) is 3.00. The number of amides is 1. The molecule has 1 atom stereocenters. The number of methoxy groups -OCH3 is 1. The predicted molar refractivity (Wildman–Crippen MR) is 82.2 cm³/mol. The van der Waals surface area contributed by atoms with Gasteiger partial charge in [0.2, 0.25) is 5.91 Å². The number of rotatable bonds is 4. The van der Waals surface area contributed by atoms with Crippen molar-refractivity contribution in [3.63, 3.8) is 0 Å². The van der Waals surface area contributed by atoms with Crippen LogP contribution in [-0.4, -0.2) is 48.5 Å². The molecule has 5 heteroatoms. The molecule has 0 saturated carbocycles. The number of nitrogens with zero attached hydrogens (tertiary/aromatic N) is 2. The largest absolute Gasteiger partial charge is 0.496 e. The molecular formula is C17H23FN2O2. The minimum Gasteiger partial charge on any atom is -0.496 e. The van der Waals surface area contributed by atoms with E-state index in [0.29, 0.717) is 17.9 Å². The number of piperidine rings is 1. The van der Waals surface area contributed by atoms with Crippen molar-refractivity contribution >= 4 is 5.91 Å². The summed E-state index contributed by atoms with van der Waals surface area (Å²) in [7, 11) is 1.55. The molecule has 0 aromatic heterocycles. The van der Waals surface area contributed by atoms with Crippen LogP contribution in [0.3, 0.4) is 0 Å². The van der Waals surface area contributed by atoms with E-state index < -0.39 is 0 Å². The SMILES string of the molecule is COc1cccc(F)c1CN1CCCCC1C(=O)N1CCC1. The van der Waals surface area contributed by atoms with Crippen LogP contribution in [-0.2, 0) is 11.3 Å². The van der Waals surface area contributed by atoms with E-state index in [-0.39, 0.29) is 17.8 Å². The smallest absolute Gasteiger partial charge is 0.239 e. The Kier molecular flexibility index (Phi) is 4.62. The van der Waals surface area contributed by atoms with Gasteiger partial charge in [-0.1, -0.05) is 12.5 Å². The molecule has 0 spiro atoms. The molecule has 120 valence electrons. The Morgan fingerprint density at radius 3 is 2.77 bits per heavy atom. The first-order valence-electron chi connectivity index (χ1n) is 8.05. The lowest BCUT2D eigenvalue weighted by Gasteiger charge is -2.40. The Hall–Kier alpha value is -1.62. The van der Waals surface area contributed by atoms with Crippen molar-refractivity contribution in [3.8, 4) is 5.75 Å². The van der Waals surface area contributed by atoms with Crippen molar-refractivity contribution in [2.75, 3.05) is 26.7 Å². The molecule has 1 amide bonds. The molecular weight excluding hydrogens is 283 g/mol. The fourth-order valence-electron chi connectivity index (χ4n) is 3.29. The molecule has 0 N–H and O–H groups in total. The van der Waals surface area contributed by atoms with Gasteiger partial charge in [0.1, 0.15) is 11.6 Å². The second-order valence-corrected chi connectivity index (χ2v) is 6.08. The fraction of sp³-hybridized carbons (Fsp3) is 0.588. The van der Waals surface area contributed by atoms with Gasteiger partial charge in [-0.25, -0.2) is 4.39 Å². The topological polar surface area (TPSA) is 32.8 Å². The highest BCUT2D eigenvalue weighted by atomic mass is 19.1. The maximum Gasteiger partial charge on any atom is 0.239 e. The maximum atomic E-state index is 14.2. The van der Waals surface area contributed by atoms with E-state index in [2.05, 4.69) is 4.90 Å². The Morgan fingerprint density at radius 1 is 1.27 bits per heavy atom. The second-order valence-electron chi connectivity index (χ2n) is 6.08. The molecule has 22 heavy (non-hydrogen) atoms. The van der Waals surface area contributed by atoms with Crippen LogP contribution in [0, 0.1) is 5.82 Å². The summed E-state index contributed by atoms with van der Waals surface area (Å²) in [4.78, 5) is 16.6. The molecule has 3 rings (SSSR count). The molecule has 1 aromatic rings. The summed E-state index contributed by atoms with van der Waals surface area (Å²) < 4.78 is 19.4. The van der Waals surface area contributed by atoms with Gasteiger partial charge in [0.15, 0.2) is 0 Å². The van der Waals surface area contributed by atoms with Crippen LogP contribution in [0.1, 0.15) is 31.2 Å². The molecule has 2 aliphatic rings. The number of hydrogen-bond donors (Lipinski definition) is 0. The lowest BCUT2D eigenvalue weighted by atomic mass is 9.98.